The summed E-state index contributed by atoms with van der Waals surface area (Å²) in [5, 5.41) is 16.0. The first-order valence-electron chi connectivity index (χ1n) is 5.32. The molecule has 1 aromatic carbocycles. The maximum absolute atomic E-state index is 10.7. The Labute approximate surface area is 117 Å². The molecule has 1 unspecified atom stereocenters. The van der Waals surface area contributed by atoms with Crippen LogP contribution in [0, 0.1) is 10.1 Å². The van der Waals surface area contributed by atoms with E-state index in [1.54, 1.807) is 23.5 Å². The predicted molar refractivity (Wildman–Crippen MR) is 77.2 cm³/mol. The van der Waals surface area contributed by atoms with Crippen LogP contribution in [0.2, 0.25) is 0 Å². The molecule has 0 amide bonds. The van der Waals surface area contributed by atoms with Crippen LogP contribution in [0.5, 0.6) is 0 Å². The van der Waals surface area contributed by atoms with Crippen molar-refractivity contribution in [3.05, 3.63) is 55.2 Å². The number of nitrogens with zero attached hydrogens (tertiary/aromatic N) is 1. The molecule has 0 aliphatic heterocycles. The Morgan fingerprint density at radius 2 is 2.22 bits per heavy atom. The van der Waals surface area contributed by atoms with Gasteiger partial charge in [-0.3, -0.25) is 10.1 Å². The van der Waals surface area contributed by atoms with E-state index in [1.807, 2.05) is 11.4 Å². The molecular formula is C12H11BrN2O2S. The second-order valence-corrected chi connectivity index (χ2v) is 5.64. The van der Waals surface area contributed by atoms with Gasteiger partial charge < -0.3 is 5.32 Å². The predicted octanol–water partition coefficient (Wildman–Crippen LogP) is 4.59. The zero-order valence-electron chi connectivity index (χ0n) is 9.59. The van der Waals surface area contributed by atoms with Crippen LogP contribution < -0.4 is 5.32 Å². The summed E-state index contributed by atoms with van der Waals surface area (Å²) >= 11 is 4.89. The summed E-state index contributed by atoms with van der Waals surface area (Å²) in [5.74, 6) is 0. The molecule has 0 spiro atoms. The third-order valence-corrected chi connectivity index (χ3v) is 4.19. The van der Waals surface area contributed by atoms with Gasteiger partial charge in [-0.05, 0) is 46.4 Å². The van der Waals surface area contributed by atoms with Crippen molar-refractivity contribution in [2.24, 2.45) is 0 Å². The molecule has 1 atom stereocenters. The fourth-order valence-corrected chi connectivity index (χ4v) is 2.86. The third kappa shape index (κ3) is 2.88. The fraction of sp³-hybridized carbons (Fsp3) is 0.167. The van der Waals surface area contributed by atoms with Crippen molar-refractivity contribution in [3.8, 4) is 0 Å². The molecule has 4 nitrogen and oxygen atoms in total. The van der Waals surface area contributed by atoms with Gasteiger partial charge in [0, 0.05) is 16.6 Å². The Kier molecular flexibility index (Phi) is 3.98. The van der Waals surface area contributed by atoms with Crippen molar-refractivity contribution in [2.45, 2.75) is 13.0 Å². The van der Waals surface area contributed by atoms with Crippen LogP contribution in [0.1, 0.15) is 17.8 Å². The largest absolute Gasteiger partial charge is 0.378 e. The maximum Gasteiger partial charge on any atom is 0.283 e. The quantitative estimate of drug-likeness (QED) is 0.660. The van der Waals surface area contributed by atoms with E-state index >= 15 is 0 Å². The highest BCUT2D eigenvalue weighted by molar-refractivity contribution is 9.10. The van der Waals surface area contributed by atoms with Gasteiger partial charge in [-0.2, -0.15) is 0 Å². The molecule has 0 aliphatic carbocycles. The van der Waals surface area contributed by atoms with E-state index in [0.717, 1.165) is 5.69 Å². The topological polar surface area (TPSA) is 55.2 Å². The first-order valence-corrected chi connectivity index (χ1v) is 6.99. The number of rotatable bonds is 4. The number of thiophene rings is 1. The van der Waals surface area contributed by atoms with Crippen LogP contribution >= 0.6 is 27.3 Å². The summed E-state index contributed by atoms with van der Waals surface area (Å²) in [5.41, 5.74) is 0.928. The first-order chi connectivity index (χ1) is 8.58. The molecule has 94 valence electrons. The van der Waals surface area contributed by atoms with E-state index in [1.165, 1.54) is 10.9 Å². The van der Waals surface area contributed by atoms with E-state index in [4.69, 9.17) is 0 Å². The van der Waals surface area contributed by atoms with Gasteiger partial charge in [-0.25, -0.2) is 0 Å². The number of hydrogen-bond acceptors (Lipinski definition) is 4. The summed E-state index contributed by atoms with van der Waals surface area (Å²) in [6, 6.07) is 9.17. The number of nitro benzene ring substituents is 1. The van der Waals surface area contributed by atoms with Crippen LogP contribution in [0.4, 0.5) is 11.4 Å². The fourth-order valence-electron chi connectivity index (χ4n) is 1.60. The Bertz CT molecular complexity index is 557. The normalized spacial score (nSPS) is 12.1. The van der Waals surface area contributed by atoms with Crippen LogP contribution in [0.3, 0.4) is 0 Å². The second kappa shape index (κ2) is 5.49. The minimum atomic E-state index is -0.406. The van der Waals surface area contributed by atoms with Crippen molar-refractivity contribution < 1.29 is 4.92 Å². The van der Waals surface area contributed by atoms with Gasteiger partial charge in [0.2, 0.25) is 0 Å². The molecule has 2 rings (SSSR count). The Balaban J connectivity index is 2.15. The van der Waals surface area contributed by atoms with Gasteiger partial charge in [0.25, 0.3) is 5.69 Å². The summed E-state index contributed by atoms with van der Waals surface area (Å²) in [6.07, 6.45) is 0. The van der Waals surface area contributed by atoms with Crippen molar-refractivity contribution >= 4 is 38.6 Å². The van der Waals surface area contributed by atoms with Crippen LogP contribution in [-0.2, 0) is 0 Å². The number of anilines is 1. The van der Waals surface area contributed by atoms with E-state index in [9.17, 15) is 10.1 Å². The lowest BCUT2D eigenvalue weighted by Crippen LogP contribution is -2.04. The van der Waals surface area contributed by atoms with Crippen molar-refractivity contribution in [1.29, 1.82) is 0 Å². The average Bonchev–Trinajstić information content (AvgIpc) is 2.81. The molecule has 0 aliphatic rings. The van der Waals surface area contributed by atoms with Gasteiger partial charge >= 0.3 is 0 Å². The zero-order chi connectivity index (χ0) is 13.1. The van der Waals surface area contributed by atoms with Crippen LogP contribution in [-0.4, -0.2) is 4.92 Å². The molecule has 0 saturated heterocycles. The lowest BCUT2D eigenvalue weighted by molar-refractivity contribution is -0.385. The summed E-state index contributed by atoms with van der Waals surface area (Å²) in [6.45, 7) is 2.06. The van der Waals surface area contributed by atoms with Crippen molar-refractivity contribution in [3.63, 3.8) is 0 Å². The molecule has 1 heterocycles. The van der Waals surface area contributed by atoms with E-state index in [-0.39, 0.29) is 11.7 Å². The van der Waals surface area contributed by atoms with E-state index in [0.29, 0.717) is 4.47 Å². The van der Waals surface area contributed by atoms with Crippen LogP contribution in [0.25, 0.3) is 0 Å². The molecule has 0 radical (unpaired) electrons. The van der Waals surface area contributed by atoms with Crippen LogP contribution in [0.15, 0.2) is 40.2 Å². The molecular weight excluding hydrogens is 316 g/mol. The van der Waals surface area contributed by atoms with Crippen molar-refractivity contribution in [1.82, 2.24) is 0 Å². The second-order valence-electron chi connectivity index (χ2n) is 3.80. The standard InChI is InChI=1S/C12H11BrN2O2S/c1-8(12-3-2-6-18-12)14-9-4-5-11(15(16)17)10(13)7-9/h2-8,14H,1H3. The van der Waals surface area contributed by atoms with Gasteiger partial charge in [-0.15, -0.1) is 11.3 Å². The minimum Gasteiger partial charge on any atom is -0.378 e. The molecule has 0 saturated carbocycles. The van der Waals surface area contributed by atoms with Gasteiger partial charge in [0.15, 0.2) is 0 Å². The number of halogens is 1. The minimum absolute atomic E-state index is 0.0735. The first kappa shape index (κ1) is 13.0. The Morgan fingerprint density at radius 1 is 1.44 bits per heavy atom. The average molecular weight is 327 g/mol. The third-order valence-electron chi connectivity index (χ3n) is 2.50. The molecule has 1 N–H and O–H groups in total. The molecule has 6 heteroatoms. The van der Waals surface area contributed by atoms with Gasteiger partial charge in [-0.1, -0.05) is 6.07 Å². The summed E-state index contributed by atoms with van der Waals surface area (Å²) < 4.78 is 0.482. The maximum atomic E-state index is 10.7. The molecule has 0 bridgehead atoms. The number of nitrogens with one attached hydrogen (secondary N) is 1. The monoisotopic (exact) mass is 326 g/mol. The number of hydrogen-bond donors (Lipinski definition) is 1. The SMILES string of the molecule is CC(Nc1ccc([N+](=O)[O-])c(Br)c1)c1cccs1. The zero-order valence-corrected chi connectivity index (χ0v) is 12.0. The molecule has 2 aromatic rings. The molecule has 0 fully saturated rings. The number of benzene rings is 1. The smallest absolute Gasteiger partial charge is 0.283 e. The lowest BCUT2D eigenvalue weighted by Gasteiger charge is -2.13. The van der Waals surface area contributed by atoms with E-state index in [2.05, 4.69) is 34.2 Å². The lowest BCUT2D eigenvalue weighted by atomic mass is 10.2. The highest BCUT2D eigenvalue weighted by Crippen LogP contribution is 2.30. The number of nitro groups is 1. The highest BCUT2D eigenvalue weighted by atomic mass is 79.9. The van der Waals surface area contributed by atoms with Gasteiger partial charge in [0.1, 0.15) is 0 Å². The van der Waals surface area contributed by atoms with E-state index < -0.39 is 4.92 Å². The van der Waals surface area contributed by atoms with Crippen molar-refractivity contribution in [2.75, 3.05) is 5.32 Å². The Morgan fingerprint density at radius 3 is 2.78 bits per heavy atom. The Hall–Kier alpha value is -1.40. The highest BCUT2D eigenvalue weighted by Gasteiger charge is 2.13. The summed E-state index contributed by atoms with van der Waals surface area (Å²) in [7, 11) is 0. The molecule has 1 aromatic heterocycles. The summed E-state index contributed by atoms with van der Waals surface area (Å²) in [4.78, 5) is 11.5. The van der Waals surface area contributed by atoms with Gasteiger partial charge in [0.05, 0.1) is 15.4 Å². The molecule has 18 heavy (non-hydrogen) atoms.